The van der Waals surface area contributed by atoms with Gasteiger partial charge in [-0.2, -0.15) is 0 Å². The number of rotatable bonds is 6. The van der Waals surface area contributed by atoms with Crippen LogP contribution in [0.15, 0.2) is 12.1 Å². The lowest BCUT2D eigenvalue weighted by molar-refractivity contribution is 0.0536. The number of aromatic nitrogens is 3. The highest BCUT2D eigenvalue weighted by atomic mass is 35.5. The number of anilines is 1. The third-order valence-corrected chi connectivity index (χ3v) is 5.51. The van der Waals surface area contributed by atoms with Gasteiger partial charge in [-0.15, -0.1) is 0 Å². The standard InChI is InChI=1S/C19H23Cl2N5O4/c1-4-11-16(21)25-17(22-11)18(27)23-12-5-6-26(9-13(12)29-2)15-8-10(19(28)30-3)7-14(20)24-15/h7-8,12-13H,4-6,9H2,1-3H3,(H,22,25)(H,23,27)/t12-,13+/m1/s1. The number of imidazole rings is 1. The second-order valence-corrected chi connectivity index (χ2v) is 7.57. The van der Waals surface area contributed by atoms with Crippen molar-refractivity contribution in [1.29, 1.82) is 0 Å². The molecule has 3 rings (SSSR count). The molecule has 0 aliphatic carbocycles. The van der Waals surface area contributed by atoms with Crippen LogP contribution in [0.25, 0.3) is 0 Å². The number of carbonyl (C=O) groups excluding carboxylic acids is 2. The molecule has 1 fully saturated rings. The minimum atomic E-state index is -0.491. The maximum atomic E-state index is 12.6. The molecular formula is C19H23Cl2N5O4. The Kier molecular flexibility index (Phi) is 7.17. The average molecular weight is 456 g/mol. The second-order valence-electron chi connectivity index (χ2n) is 6.83. The van der Waals surface area contributed by atoms with Gasteiger partial charge < -0.3 is 24.7 Å². The summed E-state index contributed by atoms with van der Waals surface area (Å²) in [5.74, 6) is -0.117. The summed E-state index contributed by atoms with van der Waals surface area (Å²) in [4.78, 5) is 37.7. The Balaban J connectivity index is 1.71. The fraction of sp³-hybridized carbons (Fsp3) is 0.474. The minimum absolute atomic E-state index is 0.174. The van der Waals surface area contributed by atoms with Crippen LogP contribution in [0.2, 0.25) is 10.3 Å². The zero-order valence-electron chi connectivity index (χ0n) is 16.9. The molecule has 0 radical (unpaired) electrons. The first-order chi connectivity index (χ1) is 14.4. The molecule has 1 aliphatic heterocycles. The van der Waals surface area contributed by atoms with E-state index in [9.17, 15) is 9.59 Å². The molecule has 2 aromatic rings. The number of esters is 1. The van der Waals surface area contributed by atoms with E-state index in [2.05, 4.69) is 20.3 Å². The fourth-order valence-corrected chi connectivity index (χ4v) is 3.85. The molecule has 3 heterocycles. The molecule has 162 valence electrons. The Bertz CT molecular complexity index is 936. The summed E-state index contributed by atoms with van der Waals surface area (Å²) < 4.78 is 10.4. The number of hydrogen-bond donors (Lipinski definition) is 2. The predicted molar refractivity (Wildman–Crippen MR) is 112 cm³/mol. The van der Waals surface area contributed by atoms with Gasteiger partial charge in [-0.25, -0.2) is 14.8 Å². The lowest BCUT2D eigenvalue weighted by atomic mass is 10.0. The van der Waals surface area contributed by atoms with E-state index in [-0.39, 0.29) is 29.0 Å². The lowest BCUT2D eigenvalue weighted by Gasteiger charge is -2.38. The van der Waals surface area contributed by atoms with Gasteiger partial charge in [0.15, 0.2) is 11.0 Å². The van der Waals surface area contributed by atoms with Gasteiger partial charge in [-0.05, 0) is 25.0 Å². The Morgan fingerprint density at radius 1 is 1.30 bits per heavy atom. The van der Waals surface area contributed by atoms with Crippen molar-refractivity contribution in [2.75, 3.05) is 32.2 Å². The zero-order chi connectivity index (χ0) is 21.8. The molecule has 2 N–H and O–H groups in total. The van der Waals surface area contributed by atoms with E-state index < -0.39 is 5.97 Å². The van der Waals surface area contributed by atoms with Crippen LogP contribution in [0.3, 0.4) is 0 Å². The van der Waals surface area contributed by atoms with Crippen molar-refractivity contribution < 1.29 is 19.1 Å². The summed E-state index contributed by atoms with van der Waals surface area (Å²) in [6, 6.07) is 2.85. The SMILES string of the molecule is CCc1[nH]c(C(=O)N[C@@H]2CCN(c3cc(C(=O)OC)cc(Cl)n3)C[C@@H]2OC)nc1Cl. The smallest absolute Gasteiger partial charge is 0.338 e. The molecule has 0 aromatic carbocycles. The molecule has 11 heteroatoms. The van der Waals surface area contributed by atoms with Crippen LogP contribution in [0, 0.1) is 0 Å². The number of piperidine rings is 1. The van der Waals surface area contributed by atoms with Gasteiger partial charge in [0.2, 0.25) is 0 Å². The maximum Gasteiger partial charge on any atom is 0.338 e. The predicted octanol–water partition coefficient (Wildman–Crippen LogP) is 2.48. The van der Waals surface area contributed by atoms with Gasteiger partial charge >= 0.3 is 5.97 Å². The summed E-state index contributed by atoms with van der Waals surface area (Å²) in [7, 11) is 2.89. The number of nitrogens with zero attached hydrogens (tertiary/aromatic N) is 3. The van der Waals surface area contributed by atoms with E-state index in [4.69, 9.17) is 32.7 Å². The van der Waals surface area contributed by atoms with Crippen LogP contribution in [-0.4, -0.2) is 66.3 Å². The van der Waals surface area contributed by atoms with Crippen LogP contribution < -0.4 is 10.2 Å². The van der Waals surface area contributed by atoms with E-state index in [1.165, 1.54) is 13.2 Å². The van der Waals surface area contributed by atoms with Gasteiger partial charge in [-0.1, -0.05) is 30.1 Å². The molecule has 0 unspecified atom stereocenters. The largest absolute Gasteiger partial charge is 0.465 e. The average Bonchev–Trinajstić information content (AvgIpc) is 3.13. The van der Waals surface area contributed by atoms with E-state index in [0.717, 1.165) is 0 Å². The molecule has 1 amide bonds. The summed E-state index contributed by atoms with van der Waals surface area (Å²) in [6.45, 7) is 2.96. The molecular weight excluding hydrogens is 433 g/mol. The molecule has 0 bridgehead atoms. The van der Waals surface area contributed by atoms with Crippen molar-refractivity contribution in [3.8, 4) is 0 Å². The number of H-pyrrole nitrogens is 1. The van der Waals surface area contributed by atoms with Crippen molar-refractivity contribution in [3.63, 3.8) is 0 Å². The highest BCUT2D eigenvalue weighted by molar-refractivity contribution is 6.30. The number of hydrogen-bond acceptors (Lipinski definition) is 7. The Hall–Kier alpha value is -2.36. The number of ether oxygens (including phenoxy) is 2. The van der Waals surface area contributed by atoms with Crippen molar-refractivity contribution in [1.82, 2.24) is 20.3 Å². The zero-order valence-corrected chi connectivity index (χ0v) is 18.4. The van der Waals surface area contributed by atoms with Crippen molar-refractivity contribution in [3.05, 3.63) is 39.5 Å². The van der Waals surface area contributed by atoms with Gasteiger partial charge in [0.05, 0.1) is 30.5 Å². The number of amides is 1. The summed E-state index contributed by atoms with van der Waals surface area (Å²) in [5, 5.41) is 3.45. The Morgan fingerprint density at radius 2 is 2.07 bits per heavy atom. The van der Waals surface area contributed by atoms with Crippen molar-refractivity contribution in [2.45, 2.75) is 31.9 Å². The number of pyridine rings is 1. The third kappa shape index (κ3) is 4.85. The molecule has 2 aromatic heterocycles. The van der Waals surface area contributed by atoms with Gasteiger partial charge in [0.1, 0.15) is 11.0 Å². The van der Waals surface area contributed by atoms with E-state index in [0.29, 0.717) is 48.2 Å². The maximum absolute atomic E-state index is 12.6. The first-order valence-corrected chi connectivity index (χ1v) is 10.2. The van der Waals surface area contributed by atoms with Crippen molar-refractivity contribution >= 4 is 40.9 Å². The molecule has 0 saturated carbocycles. The number of methoxy groups -OCH3 is 2. The van der Waals surface area contributed by atoms with Crippen LogP contribution in [-0.2, 0) is 15.9 Å². The van der Waals surface area contributed by atoms with E-state index >= 15 is 0 Å². The lowest BCUT2D eigenvalue weighted by Crippen LogP contribution is -2.55. The Morgan fingerprint density at radius 3 is 2.70 bits per heavy atom. The van der Waals surface area contributed by atoms with Crippen LogP contribution >= 0.6 is 23.2 Å². The summed E-state index contributed by atoms with van der Waals surface area (Å²) in [6.07, 6.45) is 0.945. The van der Waals surface area contributed by atoms with Crippen molar-refractivity contribution in [2.24, 2.45) is 0 Å². The first-order valence-electron chi connectivity index (χ1n) is 9.45. The minimum Gasteiger partial charge on any atom is -0.465 e. The number of aryl methyl sites for hydroxylation is 1. The number of carbonyl (C=O) groups is 2. The third-order valence-electron chi connectivity index (χ3n) is 5.00. The summed E-state index contributed by atoms with van der Waals surface area (Å²) >= 11 is 12.1. The van der Waals surface area contributed by atoms with Gasteiger partial charge in [-0.3, -0.25) is 4.79 Å². The second kappa shape index (κ2) is 9.63. The van der Waals surface area contributed by atoms with E-state index in [1.807, 2.05) is 11.8 Å². The van der Waals surface area contributed by atoms with Crippen LogP contribution in [0.5, 0.6) is 0 Å². The van der Waals surface area contributed by atoms with Gasteiger partial charge in [0.25, 0.3) is 5.91 Å². The highest BCUT2D eigenvalue weighted by Gasteiger charge is 2.32. The Labute approximate surface area is 184 Å². The molecule has 0 spiro atoms. The normalized spacial score (nSPS) is 18.9. The quantitative estimate of drug-likeness (QED) is 0.508. The fourth-order valence-electron chi connectivity index (χ4n) is 3.38. The number of aromatic amines is 1. The van der Waals surface area contributed by atoms with Crippen LogP contribution in [0.1, 0.15) is 40.0 Å². The van der Waals surface area contributed by atoms with Gasteiger partial charge in [0, 0.05) is 20.2 Å². The molecule has 9 nitrogen and oxygen atoms in total. The monoisotopic (exact) mass is 455 g/mol. The summed E-state index contributed by atoms with van der Waals surface area (Å²) in [5.41, 5.74) is 1.03. The molecule has 30 heavy (non-hydrogen) atoms. The van der Waals surface area contributed by atoms with Crippen LogP contribution in [0.4, 0.5) is 5.82 Å². The topological polar surface area (TPSA) is 109 Å². The highest BCUT2D eigenvalue weighted by Crippen LogP contribution is 2.24. The van der Waals surface area contributed by atoms with E-state index in [1.54, 1.807) is 13.2 Å². The molecule has 1 saturated heterocycles. The number of nitrogens with one attached hydrogen (secondary N) is 2. The molecule has 2 atom stereocenters. The first kappa shape index (κ1) is 22.3. The molecule has 1 aliphatic rings. The number of halogens is 2.